The van der Waals surface area contributed by atoms with Crippen LogP contribution < -0.4 is 5.32 Å². The Morgan fingerprint density at radius 3 is 1.94 bits per heavy atom. The zero-order valence-corrected chi connectivity index (χ0v) is 12.0. The molecule has 0 bridgehead atoms. The quantitative estimate of drug-likeness (QED) is 0.597. The standard InChI is InChI=1S/C15H31N/c1-7-10-15(9-3,11-8-2)14(6)16-12-13(4)5/h13,16H,6-12H2,1-5H3. The maximum Gasteiger partial charge on any atom is 0.0167 e. The van der Waals surface area contributed by atoms with Crippen LogP contribution in [0.5, 0.6) is 0 Å². The number of hydrogen-bond donors (Lipinski definition) is 1. The van der Waals surface area contributed by atoms with Crippen LogP contribution in [0.15, 0.2) is 12.3 Å². The largest absolute Gasteiger partial charge is 0.388 e. The molecule has 1 N–H and O–H groups in total. The maximum absolute atomic E-state index is 4.30. The van der Waals surface area contributed by atoms with Crippen LogP contribution in [0.25, 0.3) is 0 Å². The van der Waals surface area contributed by atoms with E-state index in [9.17, 15) is 0 Å². The lowest BCUT2D eigenvalue weighted by atomic mass is 9.74. The monoisotopic (exact) mass is 225 g/mol. The first-order chi connectivity index (χ1) is 7.52. The average Bonchev–Trinajstić information content (AvgIpc) is 2.25. The van der Waals surface area contributed by atoms with Gasteiger partial charge in [0.25, 0.3) is 0 Å². The second-order valence-corrected chi connectivity index (χ2v) is 5.39. The molecule has 0 aliphatic rings. The lowest BCUT2D eigenvalue weighted by Gasteiger charge is -2.35. The second-order valence-electron chi connectivity index (χ2n) is 5.39. The minimum absolute atomic E-state index is 0.332. The zero-order valence-electron chi connectivity index (χ0n) is 12.0. The van der Waals surface area contributed by atoms with Crippen LogP contribution in [-0.4, -0.2) is 6.54 Å². The molecule has 0 rings (SSSR count). The number of nitrogens with one attached hydrogen (secondary N) is 1. The van der Waals surface area contributed by atoms with E-state index in [4.69, 9.17) is 0 Å². The molecule has 16 heavy (non-hydrogen) atoms. The summed E-state index contributed by atoms with van der Waals surface area (Å²) in [5.74, 6) is 0.689. The van der Waals surface area contributed by atoms with Gasteiger partial charge in [-0.05, 0) is 25.2 Å². The molecular weight excluding hydrogens is 194 g/mol. The molecule has 0 radical (unpaired) electrons. The fourth-order valence-corrected chi connectivity index (χ4v) is 2.47. The van der Waals surface area contributed by atoms with Gasteiger partial charge in [-0.15, -0.1) is 0 Å². The molecule has 0 aromatic heterocycles. The Balaban J connectivity index is 4.52. The summed E-state index contributed by atoms with van der Waals surface area (Å²) in [6.07, 6.45) is 6.23. The number of allylic oxidation sites excluding steroid dienone is 1. The predicted octanol–water partition coefficient (Wildman–Crippen LogP) is 4.74. The first-order valence-corrected chi connectivity index (χ1v) is 6.95. The molecule has 1 heteroatoms. The van der Waals surface area contributed by atoms with E-state index in [0.717, 1.165) is 6.54 Å². The molecule has 0 aliphatic carbocycles. The Labute approximate surface area is 103 Å². The maximum atomic E-state index is 4.30. The van der Waals surface area contributed by atoms with Crippen LogP contribution in [-0.2, 0) is 0 Å². The highest BCUT2D eigenvalue weighted by molar-refractivity contribution is 5.08. The van der Waals surface area contributed by atoms with Crippen LogP contribution in [0.1, 0.15) is 66.7 Å². The first-order valence-electron chi connectivity index (χ1n) is 6.95. The lowest BCUT2D eigenvalue weighted by molar-refractivity contribution is 0.263. The topological polar surface area (TPSA) is 12.0 Å². The van der Waals surface area contributed by atoms with Gasteiger partial charge in [-0.25, -0.2) is 0 Å². The van der Waals surface area contributed by atoms with Crippen molar-refractivity contribution in [1.29, 1.82) is 0 Å². The minimum atomic E-state index is 0.332. The van der Waals surface area contributed by atoms with Crippen molar-refractivity contribution in [2.75, 3.05) is 6.54 Å². The van der Waals surface area contributed by atoms with Crippen LogP contribution in [0, 0.1) is 11.3 Å². The molecular formula is C15H31N. The third kappa shape index (κ3) is 4.59. The Hall–Kier alpha value is -0.460. The van der Waals surface area contributed by atoms with E-state index in [0.29, 0.717) is 11.3 Å². The molecule has 0 heterocycles. The summed E-state index contributed by atoms with van der Waals surface area (Å²) in [5, 5.41) is 3.55. The molecule has 0 aliphatic heterocycles. The van der Waals surface area contributed by atoms with Crippen molar-refractivity contribution in [3.8, 4) is 0 Å². The van der Waals surface area contributed by atoms with E-state index in [1.54, 1.807) is 0 Å². The molecule has 0 saturated carbocycles. The highest BCUT2D eigenvalue weighted by Gasteiger charge is 2.29. The summed E-state index contributed by atoms with van der Waals surface area (Å²) in [6, 6.07) is 0. The zero-order chi connectivity index (χ0) is 12.6. The fraction of sp³-hybridized carbons (Fsp3) is 0.867. The molecule has 0 aromatic carbocycles. The van der Waals surface area contributed by atoms with Gasteiger partial charge in [0.15, 0.2) is 0 Å². The van der Waals surface area contributed by atoms with Crippen molar-refractivity contribution in [2.24, 2.45) is 11.3 Å². The molecule has 0 saturated heterocycles. The predicted molar refractivity (Wildman–Crippen MR) is 74.5 cm³/mol. The van der Waals surface area contributed by atoms with Crippen LogP contribution >= 0.6 is 0 Å². The van der Waals surface area contributed by atoms with Gasteiger partial charge in [0.1, 0.15) is 0 Å². The molecule has 0 atom stereocenters. The number of hydrogen-bond acceptors (Lipinski definition) is 1. The van der Waals surface area contributed by atoms with E-state index < -0.39 is 0 Å². The molecule has 0 amide bonds. The van der Waals surface area contributed by atoms with Crippen molar-refractivity contribution in [2.45, 2.75) is 66.7 Å². The van der Waals surface area contributed by atoms with Crippen molar-refractivity contribution < 1.29 is 0 Å². The average molecular weight is 225 g/mol. The molecule has 1 nitrogen and oxygen atoms in total. The summed E-state index contributed by atoms with van der Waals surface area (Å²) < 4.78 is 0. The van der Waals surface area contributed by atoms with Gasteiger partial charge in [0, 0.05) is 17.7 Å². The van der Waals surface area contributed by atoms with E-state index in [1.165, 1.54) is 37.8 Å². The summed E-state index contributed by atoms with van der Waals surface area (Å²) in [6.45, 7) is 16.7. The van der Waals surface area contributed by atoms with Gasteiger partial charge in [-0.2, -0.15) is 0 Å². The van der Waals surface area contributed by atoms with Crippen LogP contribution in [0.2, 0.25) is 0 Å². The first kappa shape index (κ1) is 15.5. The summed E-state index contributed by atoms with van der Waals surface area (Å²) in [4.78, 5) is 0. The molecule has 0 unspecified atom stereocenters. The highest BCUT2D eigenvalue weighted by atomic mass is 14.9. The van der Waals surface area contributed by atoms with Crippen molar-refractivity contribution in [3.05, 3.63) is 12.3 Å². The van der Waals surface area contributed by atoms with Gasteiger partial charge >= 0.3 is 0 Å². The van der Waals surface area contributed by atoms with E-state index >= 15 is 0 Å². The summed E-state index contributed by atoms with van der Waals surface area (Å²) >= 11 is 0. The van der Waals surface area contributed by atoms with Gasteiger partial charge in [-0.1, -0.05) is 54.0 Å². The van der Waals surface area contributed by atoms with E-state index in [2.05, 4.69) is 46.5 Å². The SMILES string of the molecule is C=C(NCC(C)C)C(CC)(CCC)CCC. The smallest absolute Gasteiger partial charge is 0.0167 e. The van der Waals surface area contributed by atoms with E-state index in [1.807, 2.05) is 0 Å². The van der Waals surface area contributed by atoms with Crippen molar-refractivity contribution in [3.63, 3.8) is 0 Å². The fourth-order valence-electron chi connectivity index (χ4n) is 2.47. The lowest BCUT2D eigenvalue weighted by Crippen LogP contribution is -2.32. The molecule has 0 fully saturated rings. The Morgan fingerprint density at radius 2 is 1.62 bits per heavy atom. The van der Waals surface area contributed by atoms with Crippen LogP contribution in [0.3, 0.4) is 0 Å². The van der Waals surface area contributed by atoms with Gasteiger partial charge in [0.2, 0.25) is 0 Å². The van der Waals surface area contributed by atoms with E-state index in [-0.39, 0.29) is 0 Å². The molecule has 0 spiro atoms. The molecule has 96 valence electrons. The number of rotatable bonds is 9. The third-order valence-corrected chi connectivity index (χ3v) is 3.50. The van der Waals surface area contributed by atoms with Crippen LogP contribution in [0.4, 0.5) is 0 Å². The third-order valence-electron chi connectivity index (χ3n) is 3.50. The molecule has 0 aromatic rings. The van der Waals surface area contributed by atoms with Crippen molar-refractivity contribution >= 4 is 0 Å². The summed E-state index contributed by atoms with van der Waals surface area (Å²) in [5.41, 5.74) is 1.60. The van der Waals surface area contributed by atoms with Crippen molar-refractivity contribution in [1.82, 2.24) is 5.32 Å². The Kier molecular flexibility index (Phi) is 7.53. The van der Waals surface area contributed by atoms with Gasteiger partial charge in [-0.3, -0.25) is 0 Å². The Morgan fingerprint density at radius 1 is 1.12 bits per heavy atom. The second kappa shape index (κ2) is 7.76. The summed E-state index contributed by atoms with van der Waals surface area (Å²) in [7, 11) is 0. The highest BCUT2D eigenvalue weighted by Crippen LogP contribution is 2.38. The Bertz CT molecular complexity index is 188. The van der Waals surface area contributed by atoms with Gasteiger partial charge < -0.3 is 5.32 Å². The normalized spacial score (nSPS) is 11.9. The van der Waals surface area contributed by atoms with Gasteiger partial charge in [0.05, 0.1) is 0 Å². The minimum Gasteiger partial charge on any atom is -0.388 e.